The lowest BCUT2D eigenvalue weighted by atomic mass is 10.2. The minimum Gasteiger partial charge on any atom is -0.488 e. The molecule has 3 rings (SSSR count). The SMILES string of the molecule is CC(C)NC(=O)N(C)c1ccc(OC(=O)c2cccc(OCc3cccs3)c2)cc1. The molecule has 1 N–H and O–H groups in total. The summed E-state index contributed by atoms with van der Waals surface area (Å²) < 4.78 is 11.2. The highest BCUT2D eigenvalue weighted by Crippen LogP contribution is 2.21. The van der Waals surface area contributed by atoms with Gasteiger partial charge in [-0.05, 0) is 67.8 Å². The molecule has 0 spiro atoms. The highest BCUT2D eigenvalue weighted by Gasteiger charge is 2.13. The average Bonchev–Trinajstić information content (AvgIpc) is 3.26. The van der Waals surface area contributed by atoms with Gasteiger partial charge >= 0.3 is 12.0 Å². The van der Waals surface area contributed by atoms with E-state index in [2.05, 4.69) is 5.32 Å². The molecule has 1 aromatic heterocycles. The van der Waals surface area contributed by atoms with Crippen LogP contribution in [0.15, 0.2) is 66.0 Å². The molecule has 0 atom stereocenters. The largest absolute Gasteiger partial charge is 0.488 e. The van der Waals surface area contributed by atoms with Gasteiger partial charge in [-0.1, -0.05) is 12.1 Å². The number of rotatable bonds is 7. The van der Waals surface area contributed by atoms with Crippen LogP contribution in [0.4, 0.5) is 10.5 Å². The first-order valence-electron chi connectivity index (χ1n) is 9.54. The number of thiophene rings is 1. The molecule has 0 bridgehead atoms. The fraction of sp³-hybridized carbons (Fsp3) is 0.217. The average molecular weight is 425 g/mol. The molecule has 0 unspecified atom stereocenters. The smallest absolute Gasteiger partial charge is 0.343 e. The predicted molar refractivity (Wildman–Crippen MR) is 119 cm³/mol. The molecule has 3 aromatic rings. The Hall–Kier alpha value is -3.32. The summed E-state index contributed by atoms with van der Waals surface area (Å²) in [5.74, 6) is 0.521. The molecule has 0 aliphatic carbocycles. The quantitative estimate of drug-likeness (QED) is 0.423. The summed E-state index contributed by atoms with van der Waals surface area (Å²) in [7, 11) is 1.68. The van der Waals surface area contributed by atoms with Crippen LogP contribution in [0.1, 0.15) is 29.1 Å². The molecular formula is C23H24N2O4S. The number of nitrogens with zero attached hydrogens (tertiary/aromatic N) is 1. The monoisotopic (exact) mass is 424 g/mol. The van der Waals surface area contributed by atoms with Gasteiger partial charge in [0.05, 0.1) is 5.56 Å². The third kappa shape index (κ3) is 5.84. The third-order valence-electron chi connectivity index (χ3n) is 4.18. The van der Waals surface area contributed by atoms with Crippen molar-refractivity contribution in [1.82, 2.24) is 5.32 Å². The predicted octanol–water partition coefficient (Wildman–Crippen LogP) is 5.10. The Morgan fingerprint density at radius 2 is 1.80 bits per heavy atom. The van der Waals surface area contributed by atoms with E-state index in [9.17, 15) is 9.59 Å². The van der Waals surface area contributed by atoms with Crippen LogP contribution in [0, 0.1) is 0 Å². The van der Waals surface area contributed by atoms with Crippen LogP contribution in [-0.2, 0) is 6.61 Å². The zero-order valence-corrected chi connectivity index (χ0v) is 17.9. The third-order valence-corrected chi connectivity index (χ3v) is 5.03. The molecule has 6 nitrogen and oxygen atoms in total. The van der Waals surface area contributed by atoms with Crippen LogP contribution in [-0.4, -0.2) is 25.1 Å². The van der Waals surface area contributed by atoms with Crippen LogP contribution in [0.25, 0.3) is 0 Å². The van der Waals surface area contributed by atoms with E-state index in [0.29, 0.717) is 29.4 Å². The molecule has 2 aromatic carbocycles. The molecule has 30 heavy (non-hydrogen) atoms. The topological polar surface area (TPSA) is 67.9 Å². The Bertz CT molecular complexity index is 985. The van der Waals surface area contributed by atoms with Gasteiger partial charge in [-0.2, -0.15) is 0 Å². The number of benzene rings is 2. The van der Waals surface area contributed by atoms with Gasteiger partial charge in [0.1, 0.15) is 18.1 Å². The Balaban J connectivity index is 1.60. The van der Waals surface area contributed by atoms with E-state index in [0.717, 1.165) is 4.88 Å². The Morgan fingerprint density at radius 3 is 2.47 bits per heavy atom. The van der Waals surface area contributed by atoms with Gasteiger partial charge < -0.3 is 14.8 Å². The van der Waals surface area contributed by atoms with Gasteiger partial charge in [-0.3, -0.25) is 4.90 Å². The van der Waals surface area contributed by atoms with Crippen molar-refractivity contribution in [2.45, 2.75) is 26.5 Å². The van der Waals surface area contributed by atoms with Crippen LogP contribution < -0.4 is 19.7 Å². The maximum absolute atomic E-state index is 12.5. The van der Waals surface area contributed by atoms with E-state index in [1.165, 1.54) is 4.90 Å². The highest BCUT2D eigenvalue weighted by atomic mass is 32.1. The standard InChI is InChI=1S/C23H24N2O4S/c1-16(2)24-23(27)25(3)18-9-11-19(12-10-18)29-22(26)17-6-4-7-20(14-17)28-15-21-8-5-13-30-21/h4-14,16H,15H2,1-3H3,(H,24,27). The summed E-state index contributed by atoms with van der Waals surface area (Å²) in [5, 5.41) is 4.82. The first-order chi connectivity index (χ1) is 14.4. The lowest BCUT2D eigenvalue weighted by Gasteiger charge is -2.20. The van der Waals surface area contributed by atoms with Crippen molar-refractivity contribution >= 4 is 29.0 Å². The molecule has 0 saturated carbocycles. The summed E-state index contributed by atoms with van der Waals surface area (Å²) in [6, 6.07) is 17.5. The number of hydrogen-bond donors (Lipinski definition) is 1. The highest BCUT2D eigenvalue weighted by molar-refractivity contribution is 7.09. The minimum absolute atomic E-state index is 0.0465. The summed E-state index contributed by atoms with van der Waals surface area (Å²) in [6.07, 6.45) is 0. The van der Waals surface area contributed by atoms with Crippen LogP contribution in [0.5, 0.6) is 11.5 Å². The molecule has 0 aliphatic rings. The molecule has 0 aliphatic heterocycles. The summed E-state index contributed by atoms with van der Waals surface area (Å²) in [6.45, 7) is 4.25. The number of urea groups is 1. The van der Waals surface area contributed by atoms with Gasteiger partial charge in [0, 0.05) is 23.7 Å². The van der Waals surface area contributed by atoms with Gasteiger partial charge in [-0.15, -0.1) is 11.3 Å². The van der Waals surface area contributed by atoms with E-state index in [1.807, 2.05) is 31.4 Å². The van der Waals surface area contributed by atoms with Crippen LogP contribution in [0.2, 0.25) is 0 Å². The molecule has 156 valence electrons. The zero-order chi connectivity index (χ0) is 21.5. The molecule has 2 amide bonds. The molecule has 1 heterocycles. The summed E-state index contributed by atoms with van der Waals surface area (Å²) in [4.78, 5) is 27.2. The molecule has 0 fully saturated rings. The van der Waals surface area contributed by atoms with Crippen molar-refractivity contribution in [2.24, 2.45) is 0 Å². The zero-order valence-electron chi connectivity index (χ0n) is 17.1. The number of anilines is 1. The number of esters is 1. The van der Waals surface area contributed by atoms with E-state index in [-0.39, 0.29) is 12.1 Å². The summed E-state index contributed by atoms with van der Waals surface area (Å²) in [5.41, 5.74) is 1.09. The van der Waals surface area contributed by atoms with Crippen molar-refractivity contribution in [3.63, 3.8) is 0 Å². The Morgan fingerprint density at radius 1 is 1.03 bits per heavy atom. The first kappa shape index (κ1) is 21.4. The van der Waals surface area contributed by atoms with Crippen molar-refractivity contribution in [1.29, 1.82) is 0 Å². The van der Waals surface area contributed by atoms with Crippen LogP contribution >= 0.6 is 11.3 Å². The van der Waals surface area contributed by atoms with Crippen molar-refractivity contribution < 1.29 is 19.1 Å². The van der Waals surface area contributed by atoms with Crippen molar-refractivity contribution in [3.8, 4) is 11.5 Å². The van der Waals surface area contributed by atoms with Crippen molar-refractivity contribution in [2.75, 3.05) is 11.9 Å². The second-order valence-corrected chi connectivity index (χ2v) is 7.97. The van der Waals surface area contributed by atoms with Crippen LogP contribution in [0.3, 0.4) is 0 Å². The molecule has 7 heteroatoms. The van der Waals surface area contributed by atoms with Gasteiger partial charge in [-0.25, -0.2) is 9.59 Å². The van der Waals surface area contributed by atoms with E-state index in [1.54, 1.807) is 66.9 Å². The second-order valence-electron chi connectivity index (χ2n) is 6.94. The number of nitrogens with one attached hydrogen (secondary N) is 1. The first-order valence-corrected chi connectivity index (χ1v) is 10.4. The number of ether oxygens (including phenoxy) is 2. The minimum atomic E-state index is -0.477. The second kappa shape index (κ2) is 9.93. The maximum Gasteiger partial charge on any atom is 0.343 e. The maximum atomic E-state index is 12.5. The summed E-state index contributed by atoms with van der Waals surface area (Å²) >= 11 is 1.62. The number of carbonyl (C=O) groups is 2. The normalized spacial score (nSPS) is 10.5. The van der Waals surface area contributed by atoms with E-state index < -0.39 is 5.97 Å². The number of amides is 2. The van der Waals surface area contributed by atoms with Gasteiger partial charge in [0.25, 0.3) is 0 Å². The molecule has 0 radical (unpaired) electrons. The fourth-order valence-electron chi connectivity index (χ4n) is 2.63. The lowest BCUT2D eigenvalue weighted by Crippen LogP contribution is -2.40. The lowest BCUT2D eigenvalue weighted by molar-refractivity contribution is 0.0734. The number of carbonyl (C=O) groups excluding carboxylic acids is 2. The number of hydrogen-bond acceptors (Lipinski definition) is 5. The van der Waals surface area contributed by atoms with Gasteiger partial charge in [0.2, 0.25) is 0 Å². The van der Waals surface area contributed by atoms with Crippen molar-refractivity contribution in [3.05, 3.63) is 76.5 Å². The Labute approximate surface area is 180 Å². The Kier molecular flexibility index (Phi) is 7.08. The van der Waals surface area contributed by atoms with E-state index in [4.69, 9.17) is 9.47 Å². The van der Waals surface area contributed by atoms with Gasteiger partial charge in [0.15, 0.2) is 0 Å². The molecular weight excluding hydrogens is 400 g/mol. The van der Waals surface area contributed by atoms with E-state index >= 15 is 0 Å². The fourth-order valence-corrected chi connectivity index (χ4v) is 3.24. The molecule has 0 saturated heterocycles.